The smallest absolute Gasteiger partial charge is 0.211 e. The van der Waals surface area contributed by atoms with Gasteiger partial charge in [-0.3, -0.25) is 4.79 Å². The third-order valence-corrected chi connectivity index (χ3v) is 2.13. The molecular weight excluding hydrogens is 228 g/mol. The van der Waals surface area contributed by atoms with Crippen molar-refractivity contribution in [2.75, 3.05) is 5.32 Å². The van der Waals surface area contributed by atoms with Crippen LogP contribution in [0.1, 0.15) is 0 Å². The van der Waals surface area contributed by atoms with E-state index in [2.05, 4.69) is 15.5 Å². The number of carbonyl (C=O) groups is 1. The van der Waals surface area contributed by atoms with Crippen molar-refractivity contribution in [2.24, 2.45) is 10.2 Å². The van der Waals surface area contributed by atoms with Gasteiger partial charge in [-0.15, -0.1) is 0 Å². The fourth-order valence-corrected chi connectivity index (χ4v) is 1.30. The van der Waals surface area contributed by atoms with E-state index in [4.69, 9.17) is 0 Å². The number of nitrogens with zero attached hydrogens (tertiary/aromatic N) is 2. The molecule has 0 saturated carbocycles. The lowest BCUT2D eigenvalue weighted by molar-refractivity contribution is -0.105. The normalized spacial score (nSPS) is 9.78. The second-order valence-corrected chi connectivity index (χ2v) is 3.34. The summed E-state index contributed by atoms with van der Waals surface area (Å²) in [6.45, 7) is 0. The van der Waals surface area contributed by atoms with E-state index >= 15 is 0 Å². The highest BCUT2D eigenvalue weighted by molar-refractivity contribution is 5.71. The van der Waals surface area contributed by atoms with E-state index in [1.54, 1.807) is 24.3 Å². The first-order valence-corrected chi connectivity index (χ1v) is 5.15. The Kier molecular flexibility index (Phi) is 5.21. The van der Waals surface area contributed by atoms with Crippen LogP contribution in [0.15, 0.2) is 64.8 Å². The number of carbonyl (C=O) groups excluding carboxylic acids is 1. The van der Waals surface area contributed by atoms with Gasteiger partial charge < -0.3 is 11.5 Å². The Morgan fingerprint density at radius 1 is 0.833 bits per heavy atom. The van der Waals surface area contributed by atoms with Crippen molar-refractivity contribution in [3.8, 4) is 0 Å². The molecule has 0 fully saturated rings. The maximum absolute atomic E-state index is 10.2. The first-order valence-electron chi connectivity index (χ1n) is 5.15. The molecule has 92 valence electrons. The topological polar surface area (TPSA) is 88.8 Å². The van der Waals surface area contributed by atoms with E-state index in [-0.39, 0.29) is 6.15 Å². The van der Waals surface area contributed by atoms with E-state index < -0.39 is 0 Å². The standard InChI is InChI=1S/C13H11N3O.H3N/c17-10-14-11-6-8-13(9-7-11)16-15-12-4-2-1-3-5-12;/h1-10H,(H,14,17);1H3. The van der Waals surface area contributed by atoms with E-state index in [0.717, 1.165) is 17.1 Å². The van der Waals surface area contributed by atoms with Crippen LogP contribution in [-0.2, 0) is 4.79 Å². The zero-order valence-electron chi connectivity index (χ0n) is 9.78. The minimum atomic E-state index is 0. The van der Waals surface area contributed by atoms with E-state index in [0.29, 0.717) is 6.41 Å². The predicted octanol–water partition coefficient (Wildman–Crippen LogP) is 3.83. The Morgan fingerprint density at radius 3 is 1.94 bits per heavy atom. The van der Waals surface area contributed by atoms with Crippen molar-refractivity contribution >= 4 is 23.5 Å². The summed E-state index contributed by atoms with van der Waals surface area (Å²) >= 11 is 0. The molecule has 0 spiro atoms. The van der Waals surface area contributed by atoms with Crippen LogP contribution in [0.4, 0.5) is 17.1 Å². The molecule has 0 radical (unpaired) electrons. The van der Waals surface area contributed by atoms with Crippen LogP contribution in [0, 0.1) is 0 Å². The molecule has 0 bridgehead atoms. The van der Waals surface area contributed by atoms with Crippen LogP contribution >= 0.6 is 0 Å². The maximum atomic E-state index is 10.2. The number of azo groups is 1. The van der Waals surface area contributed by atoms with Gasteiger partial charge in [0.05, 0.1) is 11.4 Å². The number of anilines is 1. The summed E-state index contributed by atoms with van der Waals surface area (Å²) in [5, 5.41) is 10.7. The average molecular weight is 242 g/mol. The van der Waals surface area contributed by atoms with Gasteiger partial charge in [0.15, 0.2) is 0 Å². The van der Waals surface area contributed by atoms with Crippen molar-refractivity contribution in [2.45, 2.75) is 0 Å². The molecule has 0 heterocycles. The van der Waals surface area contributed by atoms with Gasteiger partial charge in [-0.25, -0.2) is 0 Å². The lowest BCUT2D eigenvalue weighted by atomic mass is 10.3. The van der Waals surface area contributed by atoms with Gasteiger partial charge in [0.1, 0.15) is 0 Å². The number of hydrogen-bond donors (Lipinski definition) is 2. The summed E-state index contributed by atoms with van der Waals surface area (Å²) in [5.74, 6) is 0. The average Bonchev–Trinajstić information content (AvgIpc) is 2.40. The number of benzene rings is 2. The molecule has 0 aliphatic rings. The van der Waals surface area contributed by atoms with Crippen LogP contribution < -0.4 is 11.5 Å². The Labute approximate surface area is 105 Å². The van der Waals surface area contributed by atoms with Gasteiger partial charge in [-0.1, -0.05) is 18.2 Å². The van der Waals surface area contributed by atoms with Crippen LogP contribution in [-0.4, -0.2) is 6.41 Å². The maximum Gasteiger partial charge on any atom is 0.211 e. The molecule has 0 aromatic heterocycles. The highest BCUT2D eigenvalue weighted by atomic mass is 16.1. The summed E-state index contributed by atoms with van der Waals surface area (Å²) in [5.41, 5.74) is 2.28. The Hall–Kier alpha value is -2.53. The van der Waals surface area contributed by atoms with Gasteiger partial charge in [-0.05, 0) is 36.4 Å². The Balaban J connectivity index is 0.00000162. The zero-order chi connectivity index (χ0) is 11.9. The molecule has 2 aromatic carbocycles. The molecule has 0 atom stereocenters. The predicted molar refractivity (Wildman–Crippen MR) is 71.8 cm³/mol. The Bertz CT molecular complexity index is 508. The van der Waals surface area contributed by atoms with Crippen molar-refractivity contribution in [1.29, 1.82) is 0 Å². The van der Waals surface area contributed by atoms with E-state index in [1.165, 1.54) is 0 Å². The molecule has 5 heteroatoms. The number of amides is 1. The lowest BCUT2D eigenvalue weighted by Gasteiger charge is -1.97. The third kappa shape index (κ3) is 3.80. The minimum absolute atomic E-state index is 0. The highest BCUT2D eigenvalue weighted by Crippen LogP contribution is 2.19. The van der Waals surface area contributed by atoms with Gasteiger partial charge >= 0.3 is 0 Å². The van der Waals surface area contributed by atoms with E-state index in [9.17, 15) is 4.79 Å². The molecular formula is C13H14N4O. The largest absolute Gasteiger partial charge is 0.344 e. The molecule has 0 unspecified atom stereocenters. The molecule has 0 saturated heterocycles. The Morgan fingerprint density at radius 2 is 1.39 bits per heavy atom. The van der Waals surface area contributed by atoms with Crippen LogP contribution in [0.25, 0.3) is 0 Å². The molecule has 18 heavy (non-hydrogen) atoms. The SMILES string of the molecule is N.O=CNc1ccc(N=Nc2ccccc2)cc1. The van der Waals surface area contributed by atoms with E-state index in [1.807, 2.05) is 30.3 Å². The fourth-order valence-electron chi connectivity index (χ4n) is 1.30. The first-order chi connectivity index (χ1) is 8.38. The second kappa shape index (κ2) is 6.93. The number of nitrogens with one attached hydrogen (secondary N) is 1. The summed E-state index contributed by atoms with van der Waals surface area (Å²) in [4.78, 5) is 10.2. The summed E-state index contributed by atoms with van der Waals surface area (Å²) in [6, 6.07) is 16.6. The molecule has 1 amide bonds. The van der Waals surface area contributed by atoms with Gasteiger partial charge in [0.2, 0.25) is 6.41 Å². The van der Waals surface area contributed by atoms with Crippen molar-refractivity contribution < 1.29 is 4.79 Å². The van der Waals surface area contributed by atoms with Gasteiger partial charge in [0, 0.05) is 5.69 Å². The van der Waals surface area contributed by atoms with Crippen molar-refractivity contribution in [3.63, 3.8) is 0 Å². The van der Waals surface area contributed by atoms with Gasteiger partial charge in [0.25, 0.3) is 0 Å². The van der Waals surface area contributed by atoms with Crippen molar-refractivity contribution in [3.05, 3.63) is 54.6 Å². The highest BCUT2D eigenvalue weighted by Gasteiger charge is 1.92. The summed E-state index contributed by atoms with van der Waals surface area (Å²) in [6.07, 6.45) is 0.639. The summed E-state index contributed by atoms with van der Waals surface area (Å²) in [7, 11) is 0. The first kappa shape index (κ1) is 13.5. The van der Waals surface area contributed by atoms with Crippen molar-refractivity contribution in [1.82, 2.24) is 6.15 Å². The second-order valence-electron chi connectivity index (χ2n) is 3.34. The van der Waals surface area contributed by atoms with Gasteiger partial charge in [-0.2, -0.15) is 10.2 Å². The van der Waals surface area contributed by atoms with Crippen LogP contribution in [0.5, 0.6) is 0 Å². The summed E-state index contributed by atoms with van der Waals surface area (Å²) < 4.78 is 0. The quantitative estimate of drug-likeness (QED) is 0.630. The molecule has 2 rings (SSSR count). The zero-order valence-corrected chi connectivity index (χ0v) is 9.78. The molecule has 0 aliphatic heterocycles. The lowest BCUT2D eigenvalue weighted by Crippen LogP contribution is -1.91. The number of rotatable bonds is 4. The monoisotopic (exact) mass is 242 g/mol. The minimum Gasteiger partial charge on any atom is -0.344 e. The fraction of sp³-hybridized carbons (Fsp3) is 0. The molecule has 2 aromatic rings. The molecule has 4 N–H and O–H groups in total. The molecule has 5 nitrogen and oxygen atoms in total. The van der Waals surface area contributed by atoms with Crippen LogP contribution in [0.2, 0.25) is 0 Å². The third-order valence-electron chi connectivity index (χ3n) is 2.13. The van der Waals surface area contributed by atoms with Crippen LogP contribution in [0.3, 0.4) is 0 Å². The molecule has 0 aliphatic carbocycles. The number of hydrogen-bond acceptors (Lipinski definition) is 4.